The molecule has 2 amide bonds. The molecule has 0 radical (unpaired) electrons. The molecular formula is C30H28FN7O4. The number of amides is 2. The van der Waals surface area contributed by atoms with Crippen LogP contribution in [0.5, 0.6) is 5.88 Å². The summed E-state index contributed by atoms with van der Waals surface area (Å²) in [5, 5.41) is 14.6. The molecule has 11 nitrogen and oxygen atoms in total. The van der Waals surface area contributed by atoms with Gasteiger partial charge >= 0.3 is 0 Å². The van der Waals surface area contributed by atoms with Crippen LogP contribution in [0.15, 0.2) is 65.9 Å². The number of ether oxygens (including phenoxy) is 2. The van der Waals surface area contributed by atoms with Gasteiger partial charge in [-0.1, -0.05) is 42.5 Å². The number of halogens is 1. The van der Waals surface area contributed by atoms with E-state index >= 15 is 0 Å². The van der Waals surface area contributed by atoms with Crippen molar-refractivity contribution in [3.63, 3.8) is 0 Å². The number of para-hydroxylation sites is 1. The lowest BCUT2D eigenvalue weighted by Gasteiger charge is -2.22. The minimum atomic E-state index is -1.35. The third-order valence-corrected chi connectivity index (χ3v) is 7.66. The lowest BCUT2D eigenvalue weighted by molar-refractivity contribution is -0.117. The Bertz CT molecular complexity index is 1690. The normalized spacial score (nSPS) is 18.6. The van der Waals surface area contributed by atoms with Crippen molar-refractivity contribution in [2.45, 2.75) is 38.0 Å². The molecule has 0 unspecified atom stereocenters. The molecule has 1 atom stereocenters. The molecule has 3 aliphatic heterocycles. The van der Waals surface area contributed by atoms with Crippen LogP contribution in [0.25, 0.3) is 11.3 Å². The molecule has 5 heterocycles. The number of nitrogens with zero attached hydrogens (tertiary/aromatic N) is 5. The number of carbonyl (C=O) groups excluding carboxylic acids is 2. The number of hydrogen-bond donors (Lipinski definition) is 2. The van der Waals surface area contributed by atoms with Crippen LogP contribution in [-0.4, -0.2) is 63.1 Å². The van der Waals surface area contributed by atoms with Crippen molar-refractivity contribution in [3.05, 3.63) is 83.4 Å². The third kappa shape index (κ3) is 4.73. The molecule has 214 valence electrons. The van der Waals surface area contributed by atoms with Crippen molar-refractivity contribution in [3.8, 4) is 17.1 Å². The Labute approximate surface area is 240 Å². The fourth-order valence-electron chi connectivity index (χ4n) is 5.56. The third-order valence-electron chi connectivity index (χ3n) is 7.66. The van der Waals surface area contributed by atoms with E-state index in [-0.39, 0.29) is 17.3 Å². The van der Waals surface area contributed by atoms with Crippen LogP contribution < -0.4 is 15.4 Å². The molecular weight excluding hydrogens is 541 g/mol. The van der Waals surface area contributed by atoms with Gasteiger partial charge in [0.2, 0.25) is 12.0 Å². The number of carbonyl (C=O) groups is 2. The molecule has 7 rings (SSSR count). The summed E-state index contributed by atoms with van der Waals surface area (Å²) in [4.78, 5) is 32.0. The Balaban J connectivity index is 1.26. The van der Waals surface area contributed by atoms with Crippen molar-refractivity contribution in [2.24, 2.45) is 4.99 Å². The van der Waals surface area contributed by atoms with Crippen LogP contribution >= 0.6 is 0 Å². The van der Waals surface area contributed by atoms with Gasteiger partial charge in [0.05, 0.1) is 30.2 Å². The van der Waals surface area contributed by atoms with Gasteiger partial charge in [0.25, 0.3) is 11.8 Å². The average molecular weight is 570 g/mol. The molecule has 2 aromatic carbocycles. The molecule has 42 heavy (non-hydrogen) atoms. The summed E-state index contributed by atoms with van der Waals surface area (Å²) in [6.45, 7) is 2.35. The fraction of sp³-hybridized carbons (Fsp3) is 0.300. The highest BCUT2D eigenvalue weighted by Gasteiger charge is 2.34. The number of rotatable bonds is 5. The summed E-state index contributed by atoms with van der Waals surface area (Å²) in [5.74, 6) is -1.53. The van der Waals surface area contributed by atoms with E-state index in [9.17, 15) is 14.0 Å². The van der Waals surface area contributed by atoms with Gasteiger partial charge in [0.15, 0.2) is 0 Å². The van der Waals surface area contributed by atoms with Gasteiger partial charge in [0.1, 0.15) is 17.1 Å². The van der Waals surface area contributed by atoms with Gasteiger partial charge < -0.3 is 20.1 Å². The number of aliphatic imine (C=N–C) groups is 1. The standard InChI is InChI=1S/C30H28FN7O4/c31-22-9-4-8-21-24(18-6-2-1-3-7-18)33-27(29(40)34-26(21)22)35-28(39)23-25(36-37-12-5-13-42-30(23)37)19-16-32-38(17-19)20-10-14-41-15-11-20/h1-4,6-9,16-17,20,27H,5,10-15H2,(H,34,40)(H,35,39)/t27-/m1/s1. The van der Waals surface area contributed by atoms with Crippen LogP contribution in [-0.2, 0) is 16.1 Å². The Morgan fingerprint density at radius 2 is 1.88 bits per heavy atom. The molecule has 3 aliphatic rings. The summed E-state index contributed by atoms with van der Waals surface area (Å²) in [6, 6.07) is 13.8. The second-order valence-corrected chi connectivity index (χ2v) is 10.4. The second kappa shape index (κ2) is 10.9. The van der Waals surface area contributed by atoms with Crippen molar-refractivity contribution in [2.75, 3.05) is 25.1 Å². The number of aryl methyl sites for hydroxylation is 1. The van der Waals surface area contributed by atoms with Crippen LogP contribution in [0.4, 0.5) is 10.1 Å². The summed E-state index contributed by atoms with van der Waals surface area (Å²) in [5.41, 5.74) is 2.72. The molecule has 12 heteroatoms. The summed E-state index contributed by atoms with van der Waals surface area (Å²) in [6.07, 6.45) is 4.65. The van der Waals surface area contributed by atoms with E-state index in [1.54, 1.807) is 23.0 Å². The van der Waals surface area contributed by atoms with E-state index in [1.165, 1.54) is 6.07 Å². The molecule has 2 aromatic heterocycles. The first kappa shape index (κ1) is 26.1. The van der Waals surface area contributed by atoms with Crippen molar-refractivity contribution in [1.29, 1.82) is 0 Å². The zero-order valence-electron chi connectivity index (χ0n) is 22.6. The molecule has 2 N–H and O–H groups in total. The first-order valence-electron chi connectivity index (χ1n) is 14.0. The molecule has 4 aromatic rings. The van der Waals surface area contributed by atoms with Gasteiger partial charge in [-0.25, -0.2) is 14.1 Å². The zero-order valence-corrected chi connectivity index (χ0v) is 22.6. The van der Waals surface area contributed by atoms with E-state index in [2.05, 4.69) is 20.7 Å². The van der Waals surface area contributed by atoms with E-state index in [1.807, 2.05) is 41.2 Å². The number of anilines is 1. The molecule has 1 fully saturated rings. The van der Waals surface area contributed by atoms with E-state index in [4.69, 9.17) is 14.6 Å². The van der Waals surface area contributed by atoms with E-state index in [0.717, 1.165) is 19.3 Å². The molecule has 0 spiro atoms. The summed E-state index contributed by atoms with van der Waals surface area (Å²) < 4.78 is 29.8. The first-order chi connectivity index (χ1) is 20.6. The lowest BCUT2D eigenvalue weighted by atomic mass is 10.0. The second-order valence-electron chi connectivity index (χ2n) is 10.4. The molecule has 1 saturated heterocycles. The molecule has 0 saturated carbocycles. The minimum Gasteiger partial charge on any atom is -0.477 e. The van der Waals surface area contributed by atoms with Crippen LogP contribution in [0.2, 0.25) is 0 Å². The minimum absolute atomic E-state index is 0.00862. The predicted octanol–water partition coefficient (Wildman–Crippen LogP) is 3.57. The predicted molar refractivity (Wildman–Crippen MR) is 151 cm³/mol. The largest absolute Gasteiger partial charge is 0.477 e. The Hall–Kier alpha value is -4.84. The maximum atomic E-state index is 14.9. The lowest BCUT2D eigenvalue weighted by Crippen LogP contribution is -2.42. The fourth-order valence-corrected chi connectivity index (χ4v) is 5.56. The highest BCUT2D eigenvalue weighted by atomic mass is 19.1. The monoisotopic (exact) mass is 569 g/mol. The van der Waals surface area contributed by atoms with Gasteiger partial charge in [0, 0.05) is 49.1 Å². The van der Waals surface area contributed by atoms with Gasteiger partial charge in [-0.2, -0.15) is 10.2 Å². The number of aromatic nitrogens is 4. The van der Waals surface area contributed by atoms with Crippen molar-refractivity contribution >= 4 is 23.2 Å². The topological polar surface area (TPSA) is 125 Å². The smallest absolute Gasteiger partial charge is 0.269 e. The van der Waals surface area contributed by atoms with Crippen molar-refractivity contribution < 1.29 is 23.5 Å². The number of nitrogens with one attached hydrogen (secondary N) is 2. The average Bonchev–Trinajstić information content (AvgIpc) is 3.63. The van der Waals surface area contributed by atoms with Crippen LogP contribution in [0, 0.1) is 5.82 Å². The molecule has 0 bridgehead atoms. The number of benzodiazepines with no additional fused rings is 1. The Morgan fingerprint density at radius 1 is 1.05 bits per heavy atom. The quantitative estimate of drug-likeness (QED) is 0.379. The van der Waals surface area contributed by atoms with Crippen molar-refractivity contribution in [1.82, 2.24) is 24.9 Å². The molecule has 0 aliphatic carbocycles. The Kier molecular flexibility index (Phi) is 6.74. The SMILES string of the molecule is O=C(N[C@H]1N=C(c2ccccc2)c2cccc(F)c2NC1=O)c1c(-c2cnn(C3CCOCC3)c2)nn2c1OCCC2. The maximum Gasteiger partial charge on any atom is 0.269 e. The van der Waals surface area contributed by atoms with E-state index in [0.29, 0.717) is 60.3 Å². The number of hydrogen-bond acceptors (Lipinski definition) is 7. The summed E-state index contributed by atoms with van der Waals surface area (Å²) >= 11 is 0. The van der Waals surface area contributed by atoms with Gasteiger partial charge in [-0.3, -0.25) is 14.3 Å². The maximum absolute atomic E-state index is 14.9. The number of fused-ring (bicyclic) bond motifs is 2. The van der Waals surface area contributed by atoms with Gasteiger partial charge in [-0.05, 0) is 18.9 Å². The zero-order chi connectivity index (χ0) is 28.6. The first-order valence-corrected chi connectivity index (χ1v) is 14.0. The van der Waals surface area contributed by atoms with E-state index < -0.39 is 23.8 Å². The highest BCUT2D eigenvalue weighted by Crippen LogP contribution is 2.34. The van der Waals surface area contributed by atoms with Crippen LogP contribution in [0.3, 0.4) is 0 Å². The van der Waals surface area contributed by atoms with Gasteiger partial charge in [-0.15, -0.1) is 0 Å². The Morgan fingerprint density at radius 3 is 2.71 bits per heavy atom. The number of benzene rings is 2. The van der Waals surface area contributed by atoms with Crippen LogP contribution in [0.1, 0.15) is 46.8 Å². The summed E-state index contributed by atoms with van der Waals surface area (Å²) in [7, 11) is 0. The highest BCUT2D eigenvalue weighted by molar-refractivity contribution is 6.20.